The number of hydrogen-bond acceptors (Lipinski definition) is 3. The number of fused-ring (bicyclic) bond motifs is 3. The average molecular weight is 469 g/mol. The molecule has 2 heterocycles. The molecule has 1 fully saturated rings. The highest BCUT2D eigenvalue weighted by Crippen LogP contribution is 2.71. The molecule has 4 nitrogen and oxygen atoms in total. The second-order valence-corrected chi connectivity index (χ2v) is 10.6. The van der Waals surface area contributed by atoms with Crippen molar-refractivity contribution in [3.8, 4) is 11.8 Å². The Balaban J connectivity index is 1.80. The summed E-state index contributed by atoms with van der Waals surface area (Å²) < 4.78 is 8.80. The SMILES string of the molecule is CC1(C)C(=C2[n+]3nc([O-])c4ccccc4c3OC2(c2ccccc2)c2ccc(Cl)cc2)C1(C)C. The van der Waals surface area contributed by atoms with Gasteiger partial charge in [-0.1, -0.05) is 100.0 Å². The Labute approximate surface area is 204 Å². The maximum atomic E-state index is 13.2. The lowest BCUT2D eigenvalue weighted by molar-refractivity contribution is -0.644. The van der Waals surface area contributed by atoms with Crippen LogP contribution in [0.4, 0.5) is 0 Å². The van der Waals surface area contributed by atoms with Crippen LogP contribution in [0.2, 0.25) is 5.02 Å². The van der Waals surface area contributed by atoms with Crippen LogP contribution >= 0.6 is 11.6 Å². The molecule has 1 unspecified atom stereocenters. The van der Waals surface area contributed by atoms with Crippen molar-refractivity contribution in [1.29, 1.82) is 0 Å². The van der Waals surface area contributed by atoms with Crippen LogP contribution < -0.4 is 14.5 Å². The van der Waals surface area contributed by atoms with Gasteiger partial charge in [0.15, 0.2) is 0 Å². The molecule has 1 aliphatic heterocycles. The van der Waals surface area contributed by atoms with Gasteiger partial charge in [-0.25, -0.2) is 0 Å². The average Bonchev–Trinajstić information content (AvgIpc) is 3.07. The minimum Gasteiger partial charge on any atom is -0.854 e. The Morgan fingerprint density at radius 3 is 1.94 bits per heavy atom. The van der Waals surface area contributed by atoms with Crippen molar-refractivity contribution >= 4 is 28.1 Å². The van der Waals surface area contributed by atoms with Crippen molar-refractivity contribution in [2.75, 3.05) is 0 Å². The van der Waals surface area contributed by atoms with E-state index in [0.717, 1.165) is 22.2 Å². The summed E-state index contributed by atoms with van der Waals surface area (Å²) in [4.78, 5) is 0. The summed E-state index contributed by atoms with van der Waals surface area (Å²) in [6, 6.07) is 25.5. The number of allylic oxidation sites excluding steroid dienone is 1. The highest BCUT2D eigenvalue weighted by Gasteiger charge is 2.70. The molecule has 0 N–H and O–H groups in total. The van der Waals surface area contributed by atoms with Gasteiger partial charge in [0.2, 0.25) is 0 Å². The van der Waals surface area contributed by atoms with Gasteiger partial charge >= 0.3 is 5.88 Å². The molecule has 3 aromatic carbocycles. The third-order valence-corrected chi connectivity index (χ3v) is 8.24. The second kappa shape index (κ2) is 6.83. The summed E-state index contributed by atoms with van der Waals surface area (Å²) in [5.41, 5.74) is 2.86. The second-order valence-electron chi connectivity index (χ2n) is 10.2. The molecule has 0 saturated heterocycles. The summed E-state index contributed by atoms with van der Waals surface area (Å²) in [6.07, 6.45) is 0. The Morgan fingerprint density at radius 2 is 1.32 bits per heavy atom. The van der Waals surface area contributed by atoms with E-state index < -0.39 is 5.60 Å². The van der Waals surface area contributed by atoms with Crippen molar-refractivity contribution in [2.24, 2.45) is 10.8 Å². The van der Waals surface area contributed by atoms with Gasteiger partial charge in [0.25, 0.3) is 11.3 Å². The topological polar surface area (TPSA) is 49.1 Å². The fourth-order valence-electron chi connectivity index (χ4n) is 5.57. The molecular formula is C29H25ClN2O2. The summed E-state index contributed by atoms with van der Waals surface area (Å²) in [5.74, 6) is 0.312. The summed E-state index contributed by atoms with van der Waals surface area (Å²) in [7, 11) is 0. The van der Waals surface area contributed by atoms with Crippen molar-refractivity contribution < 1.29 is 14.5 Å². The third-order valence-electron chi connectivity index (χ3n) is 7.98. The van der Waals surface area contributed by atoms with Crippen molar-refractivity contribution in [3.63, 3.8) is 0 Å². The first-order valence-corrected chi connectivity index (χ1v) is 11.9. The van der Waals surface area contributed by atoms with E-state index in [1.54, 1.807) is 10.7 Å². The number of aromatic nitrogens is 2. The molecule has 170 valence electrons. The molecule has 0 spiro atoms. The van der Waals surface area contributed by atoms with Crippen molar-refractivity contribution in [3.05, 3.63) is 101 Å². The normalized spacial score (nSPS) is 21.9. The first-order valence-electron chi connectivity index (χ1n) is 11.5. The summed E-state index contributed by atoms with van der Waals surface area (Å²) in [5, 5.41) is 19.7. The molecule has 4 aromatic rings. The standard InChI is InChI=1S/C29H25ClN2O2/c1-27(2)23(28(27,3)4)24-29(18-10-6-5-7-11-18,19-14-16-20(30)17-15-19)34-26-22-13-9-8-12-21(22)25(33)31-32(24)26/h5-17H,1-4H3. The molecule has 1 aliphatic carbocycles. The Morgan fingerprint density at radius 1 is 0.765 bits per heavy atom. The fourth-order valence-corrected chi connectivity index (χ4v) is 5.70. The summed E-state index contributed by atoms with van der Waals surface area (Å²) >= 11 is 6.29. The number of hydrogen-bond donors (Lipinski definition) is 0. The highest BCUT2D eigenvalue weighted by molar-refractivity contribution is 6.30. The Bertz CT molecular complexity index is 1470. The lowest BCUT2D eigenvalue weighted by Gasteiger charge is -2.26. The molecule has 0 radical (unpaired) electrons. The van der Waals surface area contributed by atoms with Crippen LogP contribution in [0.15, 0.2) is 84.4 Å². The highest BCUT2D eigenvalue weighted by atomic mass is 35.5. The monoisotopic (exact) mass is 468 g/mol. The van der Waals surface area contributed by atoms with E-state index in [-0.39, 0.29) is 16.7 Å². The van der Waals surface area contributed by atoms with Crippen LogP contribution in [0.3, 0.4) is 0 Å². The van der Waals surface area contributed by atoms with Crippen LogP contribution in [-0.4, -0.2) is 5.10 Å². The van der Waals surface area contributed by atoms with E-state index >= 15 is 0 Å². The molecule has 0 amide bonds. The molecule has 34 heavy (non-hydrogen) atoms. The van der Waals surface area contributed by atoms with Crippen LogP contribution in [0.1, 0.15) is 38.8 Å². The number of halogens is 1. The van der Waals surface area contributed by atoms with Gasteiger partial charge in [0.05, 0.1) is 11.3 Å². The Kier molecular flexibility index (Phi) is 4.26. The van der Waals surface area contributed by atoms with Gasteiger partial charge in [0, 0.05) is 37.9 Å². The number of nitrogens with zero attached hydrogens (tertiary/aromatic N) is 2. The minimum atomic E-state index is -0.983. The van der Waals surface area contributed by atoms with Gasteiger partial charge in [-0.3, -0.25) is 0 Å². The molecule has 1 saturated carbocycles. The third kappa shape index (κ3) is 2.60. The van der Waals surface area contributed by atoms with E-state index in [0.29, 0.717) is 16.3 Å². The first-order chi connectivity index (χ1) is 16.2. The number of benzene rings is 3. The zero-order valence-corrected chi connectivity index (χ0v) is 20.4. The van der Waals surface area contributed by atoms with Crippen LogP contribution in [-0.2, 0) is 5.60 Å². The molecule has 6 rings (SSSR count). The van der Waals surface area contributed by atoms with E-state index in [1.165, 1.54) is 5.57 Å². The molecule has 1 aromatic heterocycles. The lowest BCUT2D eigenvalue weighted by atomic mass is 9.82. The minimum absolute atomic E-state index is 0.0941. The van der Waals surface area contributed by atoms with Gasteiger partial charge < -0.3 is 9.84 Å². The van der Waals surface area contributed by atoms with Crippen LogP contribution in [0, 0.1) is 10.8 Å². The van der Waals surface area contributed by atoms with Gasteiger partial charge in [-0.15, -0.1) is 0 Å². The molecule has 1 atom stereocenters. The van der Waals surface area contributed by atoms with Gasteiger partial charge in [-0.05, 0) is 28.0 Å². The van der Waals surface area contributed by atoms with E-state index in [1.807, 2.05) is 60.7 Å². The fraction of sp³-hybridized carbons (Fsp3) is 0.241. The molecular weight excluding hydrogens is 444 g/mol. The van der Waals surface area contributed by atoms with E-state index in [2.05, 4.69) is 44.9 Å². The maximum Gasteiger partial charge on any atom is 0.409 e. The largest absolute Gasteiger partial charge is 0.854 e. The zero-order chi connectivity index (χ0) is 23.9. The van der Waals surface area contributed by atoms with Crippen molar-refractivity contribution in [2.45, 2.75) is 33.3 Å². The molecule has 0 bridgehead atoms. The van der Waals surface area contributed by atoms with Crippen LogP contribution in [0.25, 0.3) is 16.5 Å². The molecule has 2 aliphatic rings. The maximum absolute atomic E-state index is 13.2. The van der Waals surface area contributed by atoms with Crippen LogP contribution in [0.5, 0.6) is 11.8 Å². The Hall–Kier alpha value is -3.37. The predicted octanol–water partition coefficient (Wildman–Crippen LogP) is 5.86. The van der Waals surface area contributed by atoms with Gasteiger partial charge in [0.1, 0.15) is 0 Å². The van der Waals surface area contributed by atoms with E-state index in [4.69, 9.17) is 16.3 Å². The van der Waals surface area contributed by atoms with E-state index in [9.17, 15) is 5.11 Å². The number of rotatable bonds is 2. The number of ether oxygens (including phenoxy) is 1. The quantitative estimate of drug-likeness (QED) is 0.346. The summed E-state index contributed by atoms with van der Waals surface area (Å²) in [6.45, 7) is 8.96. The predicted molar refractivity (Wildman–Crippen MR) is 131 cm³/mol. The van der Waals surface area contributed by atoms with Crippen molar-refractivity contribution in [1.82, 2.24) is 5.10 Å². The smallest absolute Gasteiger partial charge is 0.409 e. The van der Waals surface area contributed by atoms with Gasteiger partial charge in [-0.2, -0.15) is 0 Å². The zero-order valence-electron chi connectivity index (χ0n) is 19.6. The first kappa shape index (κ1) is 21.2. The lowest BCUT2D eigenvalue weighted by Crippen LogP contribution is -2.42. The molecule has 5 heteroatoms.